The van der Waals surface area contributed by atoms with Crippen LogP contribution < -0.4 is 10.2 Å². The van der Waals surface area contributed by atoms with E-state index in [2.05, 4.69) is 46.3 Å². The van der Waals surface area contributed by atoms with E-state index in [-0.39, 0.29) is 0 Å². The molecule has 5 heteroatoms. The average Bonchev–Trinajstić information content (AvgIpc) is 2.92. The van der Waals surface area contributed by atoms with Gasteiger partial charge in [-0.25, -0.2) is 4.98 Å². The van der Waals surface area contributed by atoms with Crippen molar-refractivity contribution in [1.29, 1.82) is 0 Å². The number of aryl methyl sites for hydroxylation is 1. The second kappa shape index (κ2) is 5.79. The third-order valence-electron chi connectivity index (χ3n) is 4.06. The first kappa shape index (κ1) is 13.4. The number of anilines is 1. The van der Waals surface area contributed by atoms with Gasteiger partial charge in [0, 0.05) is 19.1 Å². The van der Waals surface area contributed by atoms with E-state index in [1.54, 1.807) is 6.33 Å². The standard InChI is InChI=1S/C15H23N5/c1-3-16-10-13-6-4-5-7-19(13)15-9-12(2)8-14-17-11-18-20(14)15/h8-9,11,13,16H,3-7,10H2,1-2H3. The molecule has 0 amide bonds. The van der Waals surface area contributed by atoms with Gasteiger partial charge in [0.15, 0.2) is 5.65 Å². The van der Waals surface area contributed by atoms with Crippen molar-refractivity contribution in [2.75, 3.05) is 24.5 Å². The van der Waals surface area contributed by atoms with Crippen LogP contribution in [-0.2, 0) is 0 Å². The van der Waals surface area contributed by atoms with Crippen LogP contribution in [0.15, 0.2) is 18.5 Å². The van der Waals surface area contributed by atoms with Crippen LogP contribution in [0.3, 0.4) is 0 Å². The Morgan fingerprint density at radius 1 is 1.35 bits per heavy atom. The van der Waals surface area contributed by atoms with Crippen LogP contribution in [0.4, 0.5) is 5.82 Å². The van der Waals surface area contributed by atoms with Crippen LogP contribution in [-0.4, -0.2) is 40.3 Å². The van der Waals surface area contributed by atoms with E-state index < -0.39 is 0 Å². The molecule has 20 heavy (non-hydrogen) atoms. The Balaban J connectivity index is 1.96. The fourth-order valence-electron chi connectivity index (χ4n) is 3.07. The topological polar surface area (TPSA) is 45.5 Å². The molecule has 3 heterocycles. The van der Waals surface area contributed by atoms with Crippen LogP contribution in [0.1, 0.15) is 31.7 Å². The summed E-state index contributed by atoms with van der Waals surface area (Å²) >= 11 is 0. The Kier molecular flexibility index (Phi) is 3.87. The van der Waals surface area contributed by atoms with E-state index in [1.165, 1.54) is 30.6 Å². The molecular weight excluding hydrogens is 250 g/mol. The Morgan fingerprint density at radius 3 is 3.10 bits per heavy atom. The van der Waals surface area contributed by atoms with E-state index >= 15 is 0 Å². The van der Waals surface area contributed by atoms with Gasteiger partial charge in [0.05, 0.1) is 0 Å². The van der Waals surface area contributed by atoms with Crippen molar-refractivity contribution < 1.29 is 0 Å². The summed E-state index contributed by atoms with van der Waals surface area (Å²) in [5.41, 5.74) is 2.18. The van der Waals surface area contributed by atoms with Crippen LogP contribution in [0, 0.1) is 6.92 Å². The number of rotatable bonds is 4. The normalized spacial score (nSPS) is 19.7. The maximum Gasteiger partial charge on any atom is 0.157 e. The molecular formula is C15H23N5. The molecule has 0 aliphatic carbocycles. The van der Waals surface area contributed by atoms with Crippen molar-refractivity contribution in [3.8, 4) is 0 Å². The van der Waals surface area contributed by atoms with E-state index in [0.29, 0.717) is 6.04 Å². The molecule has 1 fully saturated rings. The van der Waals surface area contributed by atoms with Gasteiger partial charge in [0.1, 0.15) is 12.1 Å². The molecule has 2 aromatic rings. The fraction of sp³-hybridized carbons (Fsp3) is 0.600. The monoisotopic (exact) mass is 273 g/mol. The van der Waals surface area contributed by atoms with Gasteiger partial charge in [-0.1, -0.05) is 6.92 Å². The third-order valence-corrected chi connectivity index (χ3v) is 4.06. The molecule has 1 unspecified atom stereocenters. The summed E-state index contributed by atoms with van der Waals surface area (Å²) in [6.07, 6.45) is 5.46. The number of likely N-dealkylation sites (N-methyl/N-ethyl adjacent to an activating group) is 1. The summed E-state index contributed by atoms with van der Waals surface area (Å²) in [4.78, 5) is 6.83. The number of fused-ring (bicyclic) bond motifs is 1. The summed E-state index contributed by atoms with van der Waals surface area (Å²) in [7, 11) is 0. The molecule has 1 atom stereocenters. The lowest BCUT2D eigenvalue weighted by molar-refractivity contribution is 0.434. The second-order valence-corrected chi connectivity index (χ2v) is 5.57. The maximum atomic E-state index is 4.39. The molecule has 1 aliphatic heterocycles. The van der Waals surface area contributed by atoms with Crippen molar-refractivity contribution in [3.05, 3.63) is 24.0 Å². The quantitative estimate of drug-likeness (QED) is 0.925. The van der Waals surface area contributed by atoms with Gasteiger partial charge in [-0.05, 0) is 50.4 Å². The zero-order chi connectivity index (χ0) is 13.9. The first-order valence-corrected chi connectivity index (χ1v) is 7.57. The highest BCUT2D eigenvalue weighted by atomic mass is 15.4. The zero-order valence-corrected chi connectivity index (χ0v) is 12.3. The van der Waals surface area contributed by atoms with Crippen LogP contribution in [0.5, 0.6) is 0 Å². The smallest absolute Gasteiger partial charge is 0.157 e. The predicted octanol–water partition coefficient (Wildman–Crippen LogP) is 2.01. The number of aromatic nitrogens is 3. The lowest BCUT2D eigenvalue weighted by Crippen LogP contribution is -2.46. The minimum atomic E-state index is 0.554. The lowest BCUT2D eigenvalue weighted by atomic mass is 10.0. The van der Waals surface area contributed by atoms with Gasteiger partial charge in [-0.15, -0.1) is 0 Å². The molecule has 0 bridgehead atoms. The first-order valence-electron chi connectivity index (χ1n) is 7.57. The number of hydrogen-bond acceptors (Lipinski definition) is 4. The molecule has 0 aromatic carbocycles. The lowest BCUT2D eigenvalue weighted by Gasteiger charge is -2.37. The van der Waals surface area contributed by atoms with Gasteiger partial charge in [0.25, 0.3) is 0 Å². The third kappa shape index (κ3) is 2.50. The summed E-state index contributed by atoms with van der Waals surface area (Å²) in [5.74, 6) is 1.18. The predicted molar refractivity (Wildman–Crippen MR) is 81.3 cm³/mol. The maximum absolute atomic E-state index is 4.39. The number of hydrogen-bond donors (Lipinski definition) is 1. The number of piperidine rings is 1. The Labute approximate surface area is 120 Å². The van der Waals surface area contributed by atoms with Crippen molar-refractivity contribution >= 4 is 11.5 Å². The highest BCUT2D eigenvalue weighted by Crippen LogP contribution is 2.25. The summed E-state index contributed by atoms with van der Waals surface area (Å²) < 4.78 is 1.97. The van der Waals surface area contributed by atoms with E-state index in [1.807, 2.05) is 4.52 Å². The fourth-order valence-corrected chi connectivity index (χ4v) is 3.07. The molecule has 1 N–H and O–H groups in total. The van der Waals surface area contributed by atoms with Gasteiger partial charge in [0.2, 0.25) is 0 Å². The molecule has 2 aromatic heterocycles. The zero-order valence-electron chi connectivity index (χ0n) is 12.3. The molecule has 108 valence electrons. The van der Waals surface area contributed by atoms with Crippen molar-refractivity contribution in [2.45, 2.75) is 39.2 Å². The van der Waals surface area contributed by atoms with Crippen molar-refractivity contribution in [3.63, 3.8) is 0 Å². The van der Waals surface area contributed by atoms with E-state index in [9.17, 15) is 0 Å². The summed E-state index contributed by atoms with van der Waals surface area (Å²) in [6, 6.07) is 4.86. The number of nitrogens with zero attached hydrogens (tertiary/aromatic N) is 4. The van der Waals surface area contributed by atoms with Gasteiger partial charge in [-0.2, -0.15) is 9.61 Å². The Bertz CT molecular complexity index is 577. The molecule has 0 spiro atoms. The Hall–Kier alpha value is -1.62. The highest BCUT2D eigenvalue weighted by molar-refractivity contribution is 5.53. The highest BCUT2D eigenvalue weighted by Gasteiger charge is 2.24. The summed E-state index contributed by atoms with van der Waals surface area (Å²) in [5, 5.41) is 7.88. The number of pyridine rings is 1. The molecule has 1 saturated heterocycles. The minimum absolute atomic E-state index is 0.554. The van der Waals surface area contributed by atoms with Crippen LogP contribution in [0.2, 0.25) is 0 Å². The van der Waals surface area contributed by atoms with Gasteiger partial charge < -0.3 is 10.2 Å². The van der Waals surface area contributed by atoms with Crippen LogP contribution in [0.25, 0.3) is 5.65 Å². The van der Waals surface area contributed by atoms with E-state index in [4.69, 9.17) is 0 Å². The second-order valence-electron chi connectivity index (χ2n) is 5.57. The van der Waals surface area contributed by atoms with Gasteiger partial charge >= 0.3 is 0 Å². The van der Waals surface area contributed by atoms with Gasteiger partial charge in [-0.3, -0.25) is 0 Å². The average molecular weight is 273 g/mol. The van der Waals surface area contributed by atoms with E-state index in [0.717, 1.165) is 25.3 Å². The van der Waals surface area contributed by atoms with Crippen molar-refractivity contribution in [2.24, 2.45) is 0 Å². The number of nitrogens with one attached hydrogen (secondary N) is 1. The van der Waals surface area contributed by atoms with Crippen molar-refractivity contribution in [1.82, 2.24) is 19.9 Å². The first-order chi connectivity index (χ1) is 9.79. The van der Waals surface area contributed by atoms with Crippen LogP contribution >= 0.6 is 0 Å². The SMILES string of the molecule is CCNCC1CCCCN1c1cc(C)cc2ncnn12. The molecule has 3 rings (SSSR count). The molecule has 0 saturated carbocycles. The molecule has 1 aliphatic rings. The largest absolute Gasteiger partial charge is 0.352 e. The molecule has 5 nitrogen and oxygen atoms in total. The summed E-state index contributed by atoms with van der Waals surface area (Å²) in [6.45, 7) is 7.46. The Morgan fingerprint density at radius 2 is 2.25 bits per heavy atom. The minimum Gasteiger partial charge on any atom is -0.352 e. The molecule has 0 radical (unpaired) electrons.